The first kappa shape index (κ1) is 21.3. The molecule has 3 aromatic carbocycles. The van der Waals surface area contributed by atoms with Gasteiger partial charge in [-0.15, -0.1) is 0 Å². The van der Waals surface area contributed by atoms with Crippen LogP contribution in [0.4, 0.5) is 4.39 Å². The van der Waals surface area contributed by atoms with Gasteiger partial charge in [0.25, 0.3) is 11.8 Å². The number of amides is 2. The minimum absolute atomic E-state index is 0.00391. The molecule has 0 bridgehead atoms. The molecule has 0 spiro atoms. The predicted octanol–water partition coefficient (Wildman–Crippen LogP) is 3.78. The summed E-state index contributed by atoms with van der Waals surface area (Å²) < 4.78 is 14.0. The second kappa shape index (κ2) is 9.16. The van der Waals surface area contributed by atoms with Crippen molar-refractivity contribution in [3.05, 3.63) is 95.8 Å². The lowest BCUT2D eigenvalue weighted by molar-refractivity contribution is 0.00854. The van der Waals surface area contributed by atoms with Crippen LogP contribution in [0.25, 0.3) is 11.1 Å². The molecule has 2 heterocycles. The highest BCUT2D eigenvalue weighted by molar-refractivity contribution is 5.95. The first-order valence-electron chi connectivity index (χ1n) is 11.3. The lowest BCUT2D eigenvalue weighted by Gasteiger charge is -2.48. The Balaban J connectivity index is 1.12. The minimum Gasteiger partial charge on any atom is -0.336 e. The standard InChI is InChI=1S/C27H26FN3O2/c28-25-9-5-4-8-24(25)20-10-12-22(13-11-20)27(33)31-18-23(19-31)29-14-16-30(17-15-29)26(32)21-6-2-1-3-7-21/h1-13,23H,14-19H2. The largest absolute Gasteiger partial charge is 0.336 e. The average Bonchev–Trinajstić information content (AvgIpc) is 2.84. The number of nitrogens with zero attached hydrogens (tertiary/aromatic N) is 3. The number of likely N-dealkylation sites (tertiary alicyclic amines) is 1. The van der Waals surface area contributed by atoms with Crippen LogP contribution in [0.1, 0.15) is 20.7 Å². The predicted molar refractivity (Wildman–Crippen MR) is 125 cm³/mol. The van der Waals surface area contributed by atoms with Crippen molar-refractivity contribution in [2.75, 3.05) is 39.3 Å². The second-order valence-corrected chi connectivity index (χ2v) is 8.62. The minimum atomic E-state index is -0.271. The number of rotatable bonds is 4. The van der Waals surface area contributed by atoms with Crippen LogP contribution in [-0.4, -0.2) is 71.8 Å². The van der Waals surface area contributed by atoms with Gasteiger partial charge >= 0.3 is 0 Å². The SMILES string of the molecule is O=C(c1ccccc1)N1CCN(C2CN(C(=O)c3ccc(-c4ccccc4F)cc3)C2)CC1. The van der Waals surface area contributed by atoms with Gasteiger partial charge in [-0.25, -0.2) is 4.39 Å². The van der Waals surface area contributed by atoms with Crippen LogP contribution in [0, 0.1) is 5.82 Å². The Morgan fingerprint density at radius 3 is 1.91 bits per heavy atom. The molecule has 2 fully saturated rings. The second-order valence-electron chi connectivity index (χ2n) is 8.62. The van der Waals surface area contributed by atoms with Crippen LogP contribution in [-0.2, 0) is 0 Å². The molecule has 0 N–H and O–H groups in total. The van der Waals surface area contributed by atoms with E-state index in [1.54, 1.807) is 42.5 Å². The molecular weight excluding hydrogens is 417 g/mol. The Morgan fingerprint density at radius 1 is 0.667 bits per heavy atom. The molecule has 5 nitrogen and oxygen atoms in total. The Hall–Kier alpha value is -3.51. The fraction of sp³-hybridized carbons (Fsp3) is 0.259. The van der Waals surface area contributed by atoms with Crippen LogP contribution >= 0.6 is 0 Å². The van der Waals surface area contributed by atoms with Crippen molar-refractivity contribution in [3.8, 4) is 11.1 Å². The molecule has 0 aliphatic carbocycles. The average molecular weight is 444 g/mol. The highest BCUT2D eigenvalue weighted by atomic mass is 19.1. The van der Waals surface area contributed by atoms with Crippen molar-refractivity contribution < 1.29 is 14.0 Å². The van der Waals surface area contributed by atoms with E-state index in [-0.39, 0.29) is 17.6 Å². The normalized spacial score (nSPS) is 17.0. The Morgan fingerprint density at radius 2 is 1.24 bits per heavy atom. The van der Waals surface area contributed by atoms with Gasteiger partial charge in [-0.3, -0.25) is 14.5 Å². The summed E-state index contributed by atoms with van der Waals surface area (Å²) in [5, 5.41) is 0. The van der Waals surface area contributed by atoms with Crippen LogP contribution in [0.3, 0.4) is 0 Å². The first-order chi connectivity index (χ1) is 16.1. The van der Waals surface area contributed by atoms with Gasteiger partial charge in [-0.1, -0.05) is 48.5 Å². The maximum absolute atomic E-state index is 14.0. The van der Waals surface area contributed by atoms with Gasteiger partial charge in [-0.05, 0) is 35.9 Å². The summed E-state index contributed by atoms with van der Waals surface area (Å²) in [6.07, 6.45) is 0. The molecule has 2 saturated heterocycles. The molecule has 2 aliphatic rings. The maximum atomic E-state index is 14.0. The molecule has 2 aliphatic heterocycles. The van der Waals surface area contributed by atoms with E-state index >= 15 is 0 Å². The quantitative estimate of drug-likeness (QED) is 0.617. The van der Waals surface area contributed by atoms with E-state index in [4.69, 9.17) is 0 Å². The van der Waals surface area contributed by atoms with E-state index in [0.29, 0.717) is 43.3 Å². The third kappa shape index (κ3) is 4.39. The van der Waals surface area contributed by atoms with Crippen molar-refractivity contribution >= 4 is 11.8 Å². The van der Waals surface area contributed by atoms with Crippen LogP contribution < -0.4 is 0 Å². The smallest absolute Gasteiger partial charge is 0.253 e. The van der Waals surface area contributed by atoms with E-state index in [1.165, 1.54) is 6.07 Å². The lowest BCUT2D eigenvalue weighted by atomic mass is 10.0. The lowest BCUT2D eigenvalue weighted by Crippen LogP contribution is -2.64. The maximum Gasteiger partial charge on any atom is 0.253 e. The molecule has 6 heteroatoms. The molecule has 2 amide bonds. The van der Waals surface area contributed by atoms with Gasteiger partial charge in [0.2, 0.25) is 0 Å². The zero-order chi connectivity index (χ0) is 22.8. The van der Waals surface area contributed by atoms with Crippen LogP contribution in [0.15, 0.2) is 78.9 Å². The van der Waals surface area contributed by atoms with E-state index in [9.17, 15) is 14.0 Å². The number of hydrogen-bond acceptors (Lipinski definition) is 3. The van der Waals surface area contributed by atoms with Crippen molar-refractivity contribution in [2.24, 2.45) is 0 Å². The number of carbonyl (C=O) groups excluding carboxylic acids is 2. The summed E-state index contributed by atoms with van der Waals surface area (Å²) in [4.78, 5) is 31.6. The van der Waals surface area contributed by atoms with Gasteiger partial charge in [0.05, 0.1) is 0 Å². The molecule has 0 saturated carbocycles. The summed E-state index contributed by atoms with van der Waals surface area (Å²) in [7, 11) is 0. The van der Waals surface area contributed by atoms with Crippen LogP contribution in [0.5, 0.6) is 0 Å². The molecular formula is C27H26FN3O2. The Bertz CT molecular complexity index is 1140. The summed E-state index contributed by atoms with van der Waals surface area (Å²) in [6, 6.07) is 23.5. The highest BCUT2D eigenvalue weighted by Gasteiger charge is 2.37. The zero-order valence-corrected chi connectivity index (χ0v) is 18.4. The van der Waals surface area contributed by atoms with Crippen molar-refractivity contribution in [3.63, 3.8) is 0 Å². The zero-order valence-electron chi connectivity index (χ0n) is 18.4. The molecule has 5 rings (SSSR count). The van der Waals surface area contributed by atoms with E-state index in [0.717, 1.165) is 24.2 Å². The summed E-state index contributed by atoms with van der Waals surface area (Å²) in [5.74, 6) is -0.184. The molecule has 0 aromatic heterocycles. The molecule has 0 atom stereocenters. The van der Waals surface area contributed by atoms with Crippen molar-refractivity contribution in [1.29, 1.82) is 0 Å². The number of piperazine rings is 1. The van der Waals surface area contributed by atoms with Crippen molar-refractivity contribution in [1.82, 2.24) is 14.7 Å². The number of benzene rings is 3. The third-order valence-electron chi connectivity index (χ3n) is 6.60. The highest BCUT2D eigenvalue weighted by Crippen LogP contribution is 2.25. The third-order valence-corrected chi connectivity index (χ3v) is 6.60. The number of carbonyl (C=O) groups is 2. The van der Waals surface area contributed by atoms with Gasteiger partial charge in [-0.2, -0.15) is 0 Å². The molecule has 168 valence electrons. The van der Waals surface area contributed by atoms with Crippen molar-refractivity contribution in [2.45, 2.75) is 6.04 Å². The molecule has 3 aromatic rings. The topological polar surface area (TPSA) is 43.9 Å². The summed E-state index contributed by atoms with van der Waals surface area (Å²) in [5.41, 5.74) is 2.64. The fourth-order valence-electron chi connectivity index (χ4n) is 4.58. The van der Waals surface area contributed by atoms with Crippen LogP contribution in [0.2, 0.25) is 0 Å². The fourth-order valence-corrected chi connectivity index (χ4v) is 4.58. The summed E-state index contributed by atoms with van der Waals surface area (Å²) in [6.45, 7) is 4.44. The monoisotopic (exact) mass is 443 g/mol. The van der Waals surface area contributed by atoms with Gasteiger partial charge in [0.1, 0.15) is 5.82 Å². The Labute approximate surface area is 193 Å². The van der Waals surface area contributed by atoms with Gasteiger partial charge in [0, 0.05) is 62.0 Å². The molecule has 0 unspecified atom stereocenters. The summed E-state index contributed by atoms with van der Waals surface area (Å²) >= 11 is 0. The van der Waals surface area contributed by atoms with Gasteiger partial charge < -0.3 is 9.80 Å². The van der Waals surface area contributed by atoms with Gasteiger partial charge in [0.15, 0.2) is 0 Å². The number of hydrogen-bond donors (Lipinski definition) is 0. The molecule has 0 radical (unpaired) electrons. The Kier molecular flexibility index (Phi) is 5.92. The molecule has 33 heavy (non-hydrogen) atoms. The van der Waals surface area contributed by atoms with E-state index in [2.05, 4.69) is 4.90 Å². The first-order valence-corrected chi connectivity index (χ1v) is 11.3. The van der Waals surface area contributed by atoms with E-state index < -0.39 is 0 Å². The number of halogens is 1. The van der Waals surface area contributed by atoms with E-state index in [1.807, 2.05) is 40.1 Å².